The van der Waals surface area contributed by atoms with Gasteiger partial charge < -0.3 is 0 Å². The summed E-state index contributed by atoms with van der Waals surface area (Å²) in [5, 5.41) is 0. The predicted octanol–water partition coefficient (Wildman–Crippen LogP) is 2.18. The monoisotopic (exact) mass is 171 g/mol. The van der Waals surface area contributed by atoms with Crippen LogP contribution in [0.2, 0.25) is 0 Å². The minimum atomic E-state index is 1.11. The van der Waals surface area contributed by atoms with Crippen LogP contribution >= 0.6 is 0 Å². The van der Waals surface area contributed by atoms with Gasteiger partial charge in [-0.3, -0.25) is 9.80 Å². The average Bonchev–Trinajstić information content (AvgIpc) is 2.09. The molecule has 73 valence electrons. The van der Waals surface area contributed by atoms with Crippen molar-refractivity contribution >= 4 is 0 Å². The Balaban J connectivity index is 4.02. The fourth-order valence-electron chi connectivity index (χ4n) is 1.56. The third-order valence-electron chi connectivity index (χ3n) is 2.44. The second-order valence-electron chi connectivity index (χ2n) is 2.89. The minimum absolute atomic E-state index is 1.11. The summed E-state index contributed by atoms with van der Waals surface area (Å²) in [7, 11) is 0. The maximum Gasteiger partial charge on any atom is 0.103 e. The second kappa shape index (κ2) is 6.44. The van der Waals surface area contributed by atoms with Gasteiger partial charge >= 0.3 is 0 Å². The van der Waals surface area contributed by atoms with Crippen LogP contribution in [0.4, 0.5) is 0 Å². The van der Waals surface area contributed by atoms with Gasteiger partial charge in [0, 0.05) is 0 Å². The second-order valence-corrected chi connectivity index (χ2v) is 2.89. The van der Waals surface area contributed by atoms with Gasteiger partial charge in [0.05, 0.1) is 0 Å². The van der Waals surface area contributed by atoms with Gasteiger partial charge in [0.15, 0.2) is 0 Å². The lowest BCUT2D eigenvalue weighted by Gasteiger charge is -2.33. The summed E-state index contributed by atoms with van der Waals surface area (Å²) in [6.07, 6.45) is 1.41. The van der Waals surface area contributed by atoms with E-state index in [0.29, 0.717) is 0 Å². The lowest BCUT2D eigenvalue weighted by Crippen LogP contribution is -2.39. The highest BCUT2D eigenvalue weighted by Gasteiger charge is 2.16. The van der Waals surface area contributed by atoms with Gasteiger partial charge in [-0.15, -0.1) is 0 Å². The smallest absolute Gasteiger partial charge is 0.103 e. The molecule has 0 saturated heterocycles. The van der Waals surface area contributed by atoms with E-state index in [1.54, 1.807) is 0 Å². The van der Waals surface area contributed by atoms with Crippen LogP contribution in [0.3, 0.4) is 0 Å². The van der Waals surface area contributed by atoms with Crippen molar-refractivity contribution in [3.8, 4) is 0 Å². The molecule has 2 heteroatoms. The van der Waals surface area contributed by atoms with Crippen molar-refractivity contribution in [3.05, 3.63) is 6.17 Å². The van der Waals surface area contributed by atoms with E-state index in [2.05, 4.69) is 44.4 Å². The van der Waals surface area contributed by atoms with Gasteiger partial charge in [-0.1, -0.05) is 27.7 Å². The minimum Gasteiger partial charge on any atom is -0.283 e. The van der Waals surface area contributed by atoms with Gasteiger partial charge in [0.1, 0.15) is 6.17 Å². The molecule has 0 N–H and O–H groups in total. The summed E-state index contributed by atoms with van der Waals surface area (Å²) in [5.74, 6) is 0. The van der Waals surface area contributed by atoms with E-state index in [-0.39, 0.29) is 0 Å². The molecule has 0 spiro atoms. The molecule has 0 rings (SSSR count). The SMILES string of the molecule is CCN(CC)[C](C)N(CC)CC. The Morgan fingerprint density at radius 1 is 0.750 bits per heavy atom. The highest BCUT2D eigenvalue weighted by Crippen LogP contribution is 2.11. The summed E-state index contributed by atoms with van der Waals surface area (Å²) >= 11 is 0. The van der Waals surface area contributed by atoms with Gasteiger partial charge in [-0.25, -0.2) is 0 Å². The summed E-state index contributed by atoms with van der Waals surface area (Å²) < 4.78 is 0. The molecule has 1 radical (unpaired) electrons. The molecule has 0 aliphatic heterocycles. The van der Waals surface area contributed by atoms with E-state index in [0.717, 1.165) is 26.2 Å². The van der Waals surface area contributed by atoms with Gasteiger partial charge in [-0.2, -0.15) is 0 Å². The molecule has 12 heavy (non-hydrogen) atoms. The molecule has 0 saturated carbocycles. The fraction of sp³-hybridized carbons (Fsp3) is 0.900. The quantitative estimate of drug-likeness (QED) is 0.604. The molecule has 2 nitrogen and oxygen atoms in total. The zero-order valence-electron chi connectivity index (χ0n) is 9.22. The highest BCUT2D eigenvalue weighted by molar-refractivity contribution is 4.82. The maximum absolute atomic E-state index is 2.40. The van der Waals surface area contributed by atoms with Crippen molar-refractivity contribution in [2.24, 2.45) is 0 Å². The number of nitrogens with zero attached hydrogens (tertiary/aromatic N) is 2. The standard InChI is InChI=1S/C10H23N2/c1-6-11(7-2)10(5)12(8-3)9-4/h6-9H2,1-5H3. The summed E-state index contributed by atoms with van der Waals surface area (Å²) in [6.45, 7) is 15.5. The Kier molecular flexibility index (Phi) is 6.39. The van der Waals surface area contributed by atoms with Gasteiger partial charge in [0.25, 0.3) is 0 Å². The van der Waals surface area contributed by atoms with E-state index in [4.69, 9.17) is 0 Å². The molecule has 0 atom stereocenters. The van der Waals surface area contributed by atoms with Crippen molar-refractivity contribution < 1.29 is 0 Å². The maximum atomic E-state index is 2.40. The first-order valence-electron chi connectivity index (χ1n) is 5.04. The van der Waals surface area contributed by atoms with Crippen molar-refractivity contribution in [3.63, 3.8) is 0 Å². The Morgan fingerprint density at radius 2 is 1.00 bits per heavy atom. The lowest BCUT2D eigenvalue weighted by atomic mass is 10.3. The summed E-state index contributed by atoms with van der Waals surface area (Å²) in [4.78, 5) is 4.79. The number of rotatable bonds is 6. The molecule has 0 amide bonds. The first-order valence-corrected chi connectivity index (χ1v) is 5.04. The Labute approximate surface area is 77.5 Å². The van der Waals surface area contributed by atoms with Crippen LogP contribution in [0, 0.1) is 6.17 Å². The largest absolute Gasteiger partial charge is 0.283 e. The number of hydrogen-bond acceptors (Lipinski definition) is 2. The summed E-state index contributed by atoms with van der Waals surface area (Å²) in [5.41, 5.74) is 0. The fourth-order valence-corrected chi connectivity index (χ4v) is 1.56. The van der Waals surface area contributed by atoms with E-state index < -0.39 is 0 Å². The van der Waals surface area contributed by atoms with E-state index in [9.17, 15) is 0 Å². The zero-order chi connectivity index (χ0) is 9.56. The molecular weight excluding hydrogens is 148 g/mol. The van der Waals surface area contributed by atoms with Crippen LogP contribution in [-0.2, 0) is 0 Å². The van der Waals surface area contributed by atoms with Crippen LogP contribution in [0.25, 0.3) is 0 Å². The van der Waals surface area contributed by atoms with E-state index >= 15 is 0 Å². The lowest BCUT2D eigenvalue weighted by molar-refractivity contribution is 0.163. The van der Waals surface area contributed by atoms with E-state index in [1.165, 1.54) is 6.17 Å². The van der Waals surface area contributed by atoms with Crippen LogP contribution in [0.5, 0.6) is 0 Å². The van der Waals surface area contributed by atoms with Crippen LogP contribution in [0.15, 0.2) is 0 Å². The molecule has 0 aliphatic rings. The van der Waals surface area contributed by atoms with Crippen LogP contribution < -0.4 is 0 Å². The normalized spacial score (nSPS) is 12.0. The Hall–Kier alpha value is -0.0800. The molecular formula is C10H23N2. The molecule has 0 aromatic heterocycles. The summed E-state index contributed by atoms with van der Waals surface area (Å²) in [6, 6.07) is 0. The molecule has 0 aliphatic carbocycles. The first kappa shape index (κ1) is 11.9. The van der Waals surface area contributed by atoms with Crippen molar-refractivity contribution in [2.45, 2.75) is 34.6 Å². The zero-order valence-corrected chi connectivity index (χ0v) is 9.22. The topological polar surface area (TPSA) is 6.48 Å². The Bertz CT molecular complexity index is 84.0. The first-order chi connectivity index (χ1) is 5.71. The molecule has 0 unspecified atom stereocenters. The molecule has 0 fully saturated rings. The van der Waals surface area contributed by atoms with Gasteiger partial charge in [0.2, 0.25) is 0 Å². The molecule has 0 heterocycles. The van der Waals surface area contributed by atoms with Crippen LogP contribution in [-0.4, -0.2) is 36.0 Å². The van der Waals surface area contributed by atoms with Crippen molar-refractivity contribution in [1.29, 1.82) is 0 Å². The molecule has 0 aromatic carbocycles. The van der Waals surface area contributed by atoms with E-state index in [1.807, 2.05) is 0 Å². The average molecular weight is 171 g/mol. The number of hydrogen-bond donors (Lipinski definition) is 0. The Morgan fingerprint density at radius 3 is 1.17 bits per heavy atom. The van der Waals surface area contributed by atoms with Crippen LogP contribution in [0.1, 0.15) is 34.6 Å². The molecule has 0 bridgehead atoms. The molecule has 0 aromatic rings. The highest BCUT2D eigenvalue weighted by atomic mass is 15.3. The van der Waals surface area contributed by atoms with Gasteiger partial charge in [-0.05, 0) is 33.1 Å². The van der Waals surface area contributed by atoms with Crippen molar-refractivity contribution in [2.75, 3.05) is 26.2 Å². The third kappa shape index (κ3) is 3.11. The predicted molar refractivity (Wildman–Crippen MR) is 54.8 cm³/mol. The van der Waals surface area contributed by atoms with Crippen molar-refractivity contribution in [1.82, 2.24) is 9.80 Å². The third-order valence-corrected chi connectivity index (χ3v) is 2.44.